The third kappa shape index (κ3) is 4.66. The number of nitrogens with zero attached hydrogens (tertiary/aromatic N) is 2. The van der Waals surface area contributed by atoms with Crippen molar-refractivity contribution in [2.45, 2.75) is 26.2 Å². The Hall–Kier alpha value is -2.68. The zero-order chi connectivity index (χ0) is 18.2. The number of carbonyl (C=O) groups excluding carboxylic acids is 1. The minimum absolute atomic E-state index is 0.168. The smallest absolute Gasteiger partial charge is 0.227 e. The van der Waals surface area contributed by atoms with E-state index in [0.717, 1.165) is 16.8 Å². The number of allylic oxidation sites excluding steroid dienone is 6. The lowest BCUT2D eigenvalue weighted by Crippen LogP contribution is -2.23. The molecular formula is C22H26N2O. The fourth-order valence-corrected chi connectivity index (χ4v) is 2.96. The van der Waals surface area contributed by atoms with E-state index in [4.69, 9.17) is 0 Å². The number of rotatable bonds is 6. The molecule has 1 fully saturated rings. The normalized spacial score (nSPS) is 19.8. The van der Waals surface area contributed by atoms with Crippen molar-refractivity contribution in [2.24, 2.45) is 4.99 Å². The lowest BCUT2D eigenvalue weighted by molar-refractivity contribution is -0.125. The molecule has 1 unspecified atom stereocenters. The number of amides is 1. The Kier molecular flexibility index (Phi) is 6.70. The molecule has 0 N–H and O–H groups in total. The summed E-state index contributed by atoms with van der Waals surface area (Å²) in [5.74, 6) is 0.418. The highest BCUT2D eigenvalue weighted by atomic mass is 16.2. The van der Waals surface area contributed by atoms with Gasteiger partial charge in [-0.05, 0) is 36.6 Å². The first-order valence-electron chi connectivity index (χ1n) is 8.55. The molecule has 0 aromatic heterocycles. The molecule has 0 saturated carbocycles. The van der Waals surface area contributed by atoms with Crippen LogP contribution in [-0.2, 0) is 4.79 Å². The van der Waals surface area contributed by atoms with E-state index in [1.807, 2.05) is 61.3 Å². The first-order valence-corrected chi connectivity index (χ1v) is 8.55. The van der Waals surface area contributed by atoms with Crippen LogP contribution in [0.1, 0.15) is 31.7 Å². The van der Waals surface area contributed by atoms with Gasteiger partial charge >= 0.3 is 0 Å². The second kappa shape index (κ2) is 8.97. The summed E-state index contributed by atoms with van der Waals surface area (Å²) in [5.41, 5.74) is 4.18. The molecule has 1 aromatic carbocycles. The van der Waals surface area contributed by atoms with Crippen LogP contribution in [0.2, 0.25) is 0 Å². The molecule has 25 heavy (non-hydrogen) atoms. The van der Waals surface area contributed by atoms with Crippen LogP contribution in [-0.4, -0.2) is 30.6 Å². The zero-order valence-electron chi connectivity index (χ0n) is 15.3. The maximum atomic E-state index is 12.5. The quantitative estimate of drug-likeness (QED) is 0.550. The molecule has 0 spiro atoms. The third-order valence-electron chi connectivity index (χ3n) is 4.47. The minimum atomic E-state index is 0.168. The van der Waals surface area contributed by atoms with Crippen molar-refractivity contribution in [3.63, 3.8) is 0 Å². The van der Waals surface area contributed by atoms with Gasteiger partial charge in [-0.15, -0.1) is 0 Å². The highest BCUT2D eigenvalue weighted by Crippen LogP contribution is 2.30. The van der Waals surface area contributed by atoms with Crippen LogP contribution in [0, 0.1) is 0 Å². The topological polar surface area (TPSA) is 32.7 Å². The van der Waals surface area contributed by atoms with E-state index >= 15 is 0 Å². The molecule has 0 bridgehead atoms. The van der Waals surface area contributed by atoms with Gasteiger partial charge in [-0.2, -0.15) is 0 Å². The highest BCUT2D eigenvalue weighted by Gasteiger charge is 2.31. The van der Waals surface area contributed by atoms with Crippen LogP contribution in [0.3, 0.4) is 0 Å². The molecule has 0 radical (unpaired) electrons. The minimum Gasteiger partial charge on any atom is -0.312 e. The van der Waals surface area contributed by atoms with Gasteiger partial charge in [0, 0.05) is 37.8 Å². The maximum Gasteiger partial charge on any atom is 0.227 e. The van der Waals surface area contributed by atoms with Gasteiger partial charge < -0.3 is 4.90 Å². The van der Waals surface area contributed by atoms with E-state index in [2.05, 4.69) is 23.7 Å². The maximum absolute atomic E-state index is 12.5. The van der Waals surface area contributed by atoms with Gasteiger partial charge in [0.05, 0.1) is 0 Å². The number of benzene rings is 1. The van der Waals surface area contributed by atoms with E-state index in [-0.39, 0.29) is 11.8 Å². The Morgan fingerprint density at radius 2 is 2.00 bits per heavy atom. The van der Waals surface area contributed by atoms with Crippen molar-refractivity contribution in [3.8, 4) is 0 Å². The Morgan fingerprint density at radius 1 is 1.28 bits per heavy atom. The Morgan fingerprint density at radius 3 is 2.60 bits per heavy atom. The third-order valence-corrected chi connectivity index (χ3v) is 4.47. The molecule has 130 valence electrons. The monoisotopic (exact) mass is 334 g/mol. The summed E-state index contributed by atoms with van der Waals surface area (Å²) in [6.07, 6.45) is 10.1. The SMILES string of the molecule is C=C/C(C)=C(/C=C\C(=C/C)N1CC(c2ccccc2)CC1=O)\C=N/C. The van der Waals surface area contributed by atoms with Crippen LogP contribution in [0.25, 0.3) is 0 Å². The molecule has 2 rings (SSSR count). The van der Waals surface area contributed by atoms with Gasteiger partial charge in [-0.1, -0.05) is 55.1 Å². The van der Waals surface area contributed by atoms with Crippen LogP contribution in [0.4, 0.5) is 0 Å². The molecule has 1 heterocycles. The molecule has 1 saturated heterocycles. The highest BCUT2D eigenvalue weighted by molar-refractivity contribution is 5.85. The van der Waals surface area contributed by atoms with Crippen molar-refractivity contribution in [1.82, 2.24) is 4.90 Å². The summed E-state index contributed by atoms with van der Waals surface area (Å²) in [7, 11) is 1.75. The summed E-state index contributed by atoms with van der Waals surface area (Å²) < 4.78 is 0. The Bertz CT molecular complexity index is 739. The average molecular weight is 334 g/mol. The van der Waals surface area contributed by atoms with Crippen molar-refractivity contribution in [3.05, 3.63) is 83.6 Å². The van der Waals surface area contributed by atoms with E-state index in [1.165, 1.54) is 5.56 Å². The van der Waals surface area contributed by atoms with E-state index in [0.29, 0.717) is 13.0 Å². The summed E-state index contributed by atoms with van der Waals surface area (Å²) in [4.78, 5) is 18.5. The molecule has 1 aromatic rings. The van der Waals surface area contributed by atoms with Crippen LogP contribution >= 0.6 is 0 Å². The Labute approximate surface area is 150 Å². The van der Waals surface area contributed by atoms with Crippen LogP contribution in [0.5, 0.6) is 0 Å². The van der Waals surface area contributed by atoms with E-state index in [1.54, 1.807) is 13.3 Å². The zero-order valence-corrected chi connectivity index (χ0v) is 15.3. The number of hydrogen-bond donors (Lipinski definition) is 0. The summed E-state index contributed by atoms with van der Waals surface area (Å²) in [5, 5.41) is 0. The molecular weight excluding hydrogens is 308 g/mol. The largest absolute Gasteiger partial charge is 0.312 e. The lowest BCUT2D eigenvalue weighted by Gasteiger charge is -2.18. The second-order valence-electron chi connectivity index (χ2n) is 6.09. The molecule has 3 heteroatoms. The predicted octanol–water partition coefficient (Wildman–Crippen LogP) is 4.67. The van der Waals surface area contributed by atoms with Crippen LogP contribution < -0.4 is 0 Å². The first-order chi connectivity index (χ1) is 12.1. The van der Waals surface area contributed by atoms with E-state index in [9.17, 15) is 4.79 Å². The second-order valence-corrected chi connectivity index (χ2v) is 6.09. The molecule has 1 amide bonds. The summed E-state index contributed by atoms with van der Waals surface area (Å²) in [6.45, 7) is 8.48. The Balaban J connectivity index is 2.20. The number of likely N-dealkylation sites (tertiary alicyclic amines) is 1. The van der Waals surface area contributed by atoms with Crippen molar-refractivity contribution >= 4 is 12.1 Å². The van der Waals surface area contributed by atoms with Gasteiger partial charge in [-0.3, -0.25) is 9.79 Å². The van der Waals surface area contributed by atoms with Crippen molar-refractivity contribution in [2.75, 3.05) is 13.6 Å². The fourth-order valence-electron chi connectivity index (χ4n) is 2.96. The molecule has 1 atom stereocenters. The number of carbonyl (C=O) groups is 1. The lowest BCUT2D eigenvalue weighted by atomic mass is 9.98. The summed E-state index contributed by atoms with van der Waals surface area (Å²) >= 11 is 0. The van der Waals surface area contributed by atoms with Gasteiger partial charge in [0.2, 0.25) is 5.91 Å². The summed E-state index contributed by atoms with van der Waals surface area (Å²) in [6, 6.07) is 10.2. The molecule has 1 aliphatic heterocycles. The number of aliphatic imine (C=N–C) groups is 1. The van der Waals surface area contributed by atoms with Gasteiger partial charge in [0.1, 0.15) is 0 Å². The van der Waals surface area contributed by atoms with Crippen LogP contribution in [0.15, 0.2) is 83.1 Å². The standard InChI is InChI=1S/C22H26N2O/c1-5-17(3)19(15-23-4)12-13-21(6-2)24-16-20(14-22(24)25)18-10-8-7-9-11-18/h5-13,15,20H,1,14,16H2,2-4H3/b13-12-,19-17-,21-6+,23-15-. The first kappa shape index (κ1) is 18.7. The molecule has 1 aliphatic rings. The van der Waals surface area contributed by atoms with Gasteiger partial charge in [0.25, 0.3) is 0 Å². The van der Waals surface area contributed by atoms with Gasteiger partial charge in [0.15, 0.2) is 0 Å². The predicted molar refractivity (Wildman–Crippen MR) is 106 cm³/mol. The van der Waals surface area contributed by atoms with Crippen molar-refractivity contribution in [1.29, 1.82) is 0 Å². The molecule has 3 nitrogen and oxygen atoms in total. The van der Waals surface area contributed by atoms with Gasteiger partial charge in [-0.25, -0.2) is 0 Å². The van der Waals surface area contributed by atoms with Crippen molar-refractivity contribution < 1.29 is 4.79 Å². The van der Waals surface area contributed by atoms with E-state index < -0.39 is 0 Å². The molecule has 0 aliphatic carbocycles. The average Bonchev–Trinajstić information content (AvgIpc) is 3.03. The fraction of sp³-hybridized carbons (Fsp3) is 0.273. The number of hydrogen-bond acceptors (Lipinski definition) is 2.